The van der Waals surface area contributed by atoms with E-state index < -0.39 is 24.2 Å². The fraction of sp³-hybridized carbons (Fsp3) is 0.360. The van der Waals surface area contributed by atoms with Crippen LogP contribution in [-0.2, 0) is 11.2 Å². The van der Waals surface area contributed by atoms with Crippen LogP contribution < -0.4 is 16.0 Å². The number of likely N-dealkylation sites (N-methyl/N-ethyl adjacent to an activating group) is 1. The van der Waals surface area contributed by atoms with Gasteiger partial charge in [0.1, 0.15) is 17.9 Å². The molecule has 1 saturated heterocycles. The van der Waals surface area contributed by atoms with Gasteiger partial charge in [0.25, 0.3) is 0 Å². The van der Waals surface area contributed by atoms with Crippen molar-refractivity contribution in [2.75, 3.05) is 17.7 Å². The van der Waals surface area contributed by atoms with Gasteiger partial charge in [-0.05, 0) is 43.0 Å². The summed E-state index contributed by atoms with van der Waals surface area (Å²) in [6, 6.07) is 9.85. The molecule has 4 rings (SSSR count). The van der Waals surface area contributed by atoms with Crippen molar-refractivity contribution < 1.29 is 14.7 Å². The van der Waals surface area contributed by atoms with Gasteiger partial charge in [0.2, 0.25) is 5.91 Å². The van der Waals surface area contributed by atoms with Gasteiger partial charge in [0.05, 0.1) is 23.5 Å². The Kier molecular flexibility index (Phi) is 7.32. The van der Waals surface area contributed by atoms with Gasteiger partial charge in [0.15, 0.2) is 0 Å². The molecular weight excluding hydrogens is 464 g/mol. The molecule has 184 valence electrons. The molecule has 3 aromatic rings. The number of nitrogens with two attached hydrogens (primary N) is 1. The van der Waals surface area contributed by atoms with Crippen molar-refractivity contribution in [1.29, 1.82) is 0 Å². The van der Waals surface area contributed by atoms with Crippen molar-refractivity contribution in [1.82, 2.24) is 20.2 Å². The number of carbonyl (C=O) groups excluding carboxylic acids is 2. The molecule has 0 bridgehead atoms. The molecule has 2 aromatic heterocycles. The predicted molar refractivity (Wildman–Crippen MR) is 136 cm³/mol. The quantitative estimate of drug-likeness (QED) is 0.325. The molecular formula is C25H30N6O3S. The maximum absolute atomic E-state index is 13.4. The van der Waals surface area contributed by atoms with E-state index in [1.54, 1.807) is 41.2 Å². The fourth-order valence-electron chi connectivity index (χ4n) is 4.50. The third-order valence-corrected chi connectivity index (χ3v) is 6.99. The summed E-state index contributed by atoms with van der Waals surface area (Å²) in [5, 5.41) is 16.1. The highest BCUT2D eigenvalue weighted by atomic mass is 32.1. The molecule has 3 heterocycles. The van der Waals surface area contributed by atoms with Gasteiger partial charge in [-0.2, -0.15) is 0 Å². The second-order valence-electron chi connectivity index (χ2n) is 8.79. The smallest absolute Gasteiger partial charge is 0.325 e. The molecule has 9 nitrogen and oxygen atoms in total. The van der Waals surface area contributed by atoms with E-state index in [0.717, 1.165) is 21.6 Å². The largest absolute Gasteiger partial charge is 0.384 e. The van der Waals surface area contributed by atoms with Crippen molar-refractivity contribution in [2.24, 2.45) is 5.92 Å². The van der Waals surface area contributed by atoms with Gasteiger partial charge >= 0.3 is 6.03 Å². The van der Waals surface area contributed by atoms with E-state index in [1.165, 1.54) is 11.3 Å². The number of nitrogens with one attached hydrogen (secondary N) is 1. The summed E-state index contributed by atoms with van der Waals surface area (Å²) in [4.78, 5) is 37.6. The van der Waals surface area contributed by atoms with Crippen LogP contribution in [-0.4, -0.2) is 51.2 Å². The Morgan fingerprint density at radius 1 is 1.31 bits per heavy atom. The molecule has 0 saturated carbocycles. The number of urea groups is 1. The third kappa shape index (κ3) is 5.13. The van der Waals surface area contributed by atoms with Crippen LogP contribution in [0.25, 0.3) is 0 Å². The number of likely N-dealkylation sites (tertiary alicyclic amines) is 1. The number of aliphatic hydroxyl groups is 1. The molecule has 3 amide bonds. The lowest BCUT2D eigenvalue weighted by atomic mass is 9.81. The predicted octanol–water partition coefficient (Wildman–Crippen LogP) is 3.11. The summed E-state index contributed by atoms with van der Waals surface area (Å²) >= 11 is 1.40. The standard InChI is InChI=1S/C25H30N6O3S/c1-4-19(17-7-5-6-15(2)10-17)29-25(34)31-22(24(33)30(3)21-13-35-14-28-21)18(23(31)32)11-16-8-9-27-20(26)12-16/h5-10,12-14,18-19,22,24,33H,4,11H2,1-3H3,(H2,26,27)(H,29,34)/t18-,19-,22+,24?/m1/s1. The number of amides is 3. The summed E-state index contributed by atoms with van der Waals surface area (Å²) < 4.78 is 0. The van der Waals surface area contributed by atoms with Crippen LogP contribution in [0.15, 0.2) is 53.5 Å². The van der Waals surface area contributed by atoms with Crippen LogP contribution in [0.1, 0.15) is 36.1 Å². The minimum atomic E-state index is -1.14. The Labute approximate surface area is 208 Å². The number of β-lactam (4-membered cyclic amide) rings is 1. The lowest BCUT2D eigenvalue weighted by Gasteiger charge is -2.49. The fourth-order valence-corrected chi connectivity index (χ4v) is 5.08. The molecule has 4 atom stereocenters. The van der Waals surface area contributed by atoms with Gasteiger partial charge in [0, 0.05) is 18.6 Å². The van der Waals surface area contributed by atoms with Crippen LogP contribution in [0.3, 0.4) is 0 Å². The first kappa shape index (κ1) is 24.6. The van der Waals surface area contributed by atoms with Crippen molar-refractivity contribution >= 4 is 34.9 Å². The number of hydrogen-bond donors (Lipinski definition) is 3. The Morgan fingerprint density at radius 3 is 2.77 bits per heavy atom. The van der Waals surface area contributed by atoms with Crippen molar-refractivity contribution in [3.05, 3.63) is 70.2 Å². The molecule has 0 spiro atoms. The van der Waals surface area contributed by atoms with E-state index in [0.29, 0.717) is 24.5 Å². The van der Waals surface area contributed by atoms with Crippen molar-refractivity contribution in [2.45, 2.75) is 45.0 Å². The van der Waals surface area contributed by atoms with Crippen LogP contribution in [0.5, 0.6) is 0 Å². The first-order valence-electron chi connectivity index (χ1n) is 11.5. The van der Waals surface area contributed by atoms with E-state index in [4.69, 9.17) is 5.73 Å². The van der Waals surface area contributed by atoms with E-state index in [-0.39, 0.29) is 11.9 Å². The number of imide groups is 1. The zero-order chi connectivity index (χ0) is 25.1. The molecule has 0 radical (unpaired) electrons. The number of anilines is 2. The maximum Gasteiger partial charge on any atom is 0.325 e. The molecule has 4 N–H and O–H groups in total. The normalized spacial score (nSPS) is 19.1. The Balaban J connectivity index is 1.58. The van der Waals surface area contributed by atoms with E-state index in [9.17, 15) is 14.7 Å². The van der Waals surface area contributed by atoms with E-state index >= 15 is 0 Å². The second-order valence-corrected chi connectivity index (χ2v) is 9.51. The third-order valence-electron chi connectivity index (χ3n) is 6.42. The van der Waals surface area contributed by atoms with E-state index in [1.807, 2.05) is 38.1 Å². The summed E-state index contributed by atoms with van der Waals surface area (Å²) in [5.74, 6) is -0.0183. The highest BCUT2D eigenvalue weighted by Gasteiger charge is 2.55. The summed E-state index contributed by atoms with van der Waals surface area (Å²) in [7, 11) is 1.70. The highest BCUT2D eigenvalue weighted by molar-refractivity contribution is 7.07. The second kappa shape index (κ2) is 10.4. The van der Waals surface area contributed by atoms with Crippen LogP contribution in [0.4, 0.5) is 16.4 Å². The van der Waals surface area contributed by atoms with Gasteiger partial charge in [-0.25, -0.2) is 14.8 Å². The molecule has 1 aliphatic heterocycles. The topological polar surface area (TPSA) is 125 Å². The van der Waals surface area contributed by atoms with Gasteiger partial charge in [-0.3, -0.25) is 9.69 Å². The number of pyridine rings is 1. The van der Waals surface area contributed by atoms with Gasteiger partial charge in [-0.15, -0.1) is 11.3 Å². The molecule has 0 aliphatic carbocycles. The zero-order valence-electron chi connectivity index (χ0n) is 20.0. The molecule has 1 aromatic carbocycles. The number of aryl methyl sites for hydroxylation is 1. The number of carbonyl (C=O) groups is 2. The van der Waals surface area contributed by atoms with Crippen LogP contribution in [0, 0.1) is 12.8 Å². The van der Waals surface area contributed by atoms with E-state index in [2.05, 4.69) is 15.3 Å². The van der Waals surface area contributed by atoms with Gasteiger partial charge in [-0.1, -0.05) is 36.8 Å². The lowest BCUT2D eigenvalue weighted by Crippen LogP contribution is -2.72. The minimum absolute atomic E-state index is 0.261. The average molecular weight is 495 g/mol. The van der Waals surface area contributed by atoms with Crippen LogP contribution >= 0.6 is 11.3 Å². The number of nitrogens with zero attached hydrogens (tertiary/aromatic N) is 4. The average Bonchev–Trinajstić information content (AvgIpc) is 3.38. The maximum atomic E-state index is 13.4. The molecule has 1 unspecified atom stereocenters. The molecule has 35 heavy (non-hydrogen) atoms. The first-order chi connectivity index (χ1) is 16.8. The summed E-state index contributed by atoms with van der Waals surface area (Å²) in [5.41, 5.74) is 10.3. The zero-order valence-corrected chi connectivity index (χ0v) is 20.8. The number of aliphatic hydroxyl groups excluding tert-OH is 1. The summed E-state index contributed by atoms with van der Waals surface area (Å²) in [6.45, 7) is 3.97. The van der Waals surface area contributed by atoms with Crippen molar-refractivity contribution in [3.63, 3.8) is 0 Å². The number of benzene rings is 1. The number of thiazole rings is 1. The van der Waals surface area contributed by atoms with Crippen molar-refractivity contribution in [3.8, 4) is 0 Å². The number of rotatable bonds is 8. The van der Waals surface area contributed by atoms with Crippen LogP contribution in [0.2, 0.25) is 0 Å². The Morgan fingerprint density at radius 2 is 2.11 bits per heavy atom. The minimum Gasteiger partial charge on any atom is -0.384 e. The summed E-state index contributed by atoms with van der Waals surface area (Å²) in [6.07, 6.45) is 1.43. The SMILES string of the molecule is CC[C@@H](NC(=O)N1C(=O)[C@H](Cc2ccnc(N)c2)[C@H]1C(O)N(C)c1cscn1)c1cccc(C)c1. The number of hydrogen-bond acceptors (Lipinski definition) is 8. The monoisotopic (exact) mass is 494 g/mol. The first-order valence-corrected chi connectivity index (χ1v) is 12.4. The lowest BCUT2D eigenvalue weighted by molar-refractivity contribution is -0.157. The Hall–Kier alpha value is -3.50. The molecule has 1 aliphatic rings. The highest BCUT2D eigenvalue weighted by Crippen LogP contribution is 2.35. The molecule has 10 heteroatoms. The number of aromatic nitrogens is 2. The Bertz CT molecular complexity index is 1190. The van der Waals surface area contributed by atoms with Gasteiger partial charge < -0.3 is 21.1 Å². The number of nitrogen functional groups attached to an aromatic ring is 1. The molecule has 1 fully saturated rings.